The van der Waals surface area contributed by atoms with Gasteiger partial charge in [-0.05, 0) is 31.6 Å². The molecule has 1 N–H and O–H groups in total. The largest absolute Gasteiger partial charge is 0.296 e. The van der Waals surface area contributed by atoms with Crippen LogP contribution in [0.4, 0.5) is 0 Å². The molecule has 0 aliphatic heterocycles. The van der Waals surface area contributed by atoms with Crippen molar-refractivity contribution in [2.24, 2.45) is 5.92 Å². The van der Waals surface area contributed by atoms with Crippen molar-refractivity contribution >= 4 is 11.8 Å². The second-order valence-electron chi connectivity index (χ2n) is 6.18. The number of hydrogen-bond donors (Lipinski definition) is 1. The molecule has 1 atom stereocenters. The van der Waals surface area contributed by atoms with Crippen molar-refractivity contribution in [3.05, 3.63) is 0 Å². The quantitative estimate of drug-likeness (QED) is 0.800. The zero-order chi connectivity index (χ0) is 11.8. The van der Waals surface area contributed by atoms with E-state index in [0.29, 0.717) is 12.0 Å². The van der Waals surface area contributed by atoms with Gasteiger partial charge in [0.1, 0.15) is 5.54 Å². The van der Waals surface area contributed by atoms with Crippen LogP contribution in [-0.4, -0.2) is 22.1 Å². The topological polar surface area (TPSA) is 35.8 Å². The molecule has 0 saturated heterocycles. The predicted molar refractivity (Wildman–Crippen MR) is 69.4 cm³/mol. The Morgan fingerprint density at radius 1 is 1.25 bits per heavy atom. The lowest BCUT2D eigenvalue weighted by molar-refractivity contribution is 0.400. The molecule has 0 amide bonds. The third-order valence-electron chi connectivity index (χ3n) is 3.25. The Labute approximate surface area is 103 Å². The van der Waals surface area contributed by atoms with Gasteiger partial charge in [0.25, 0.3) is 0 Å². The molecule has 0 bridgehead atoms. The average Bonchev–Trinajstić information content (AvgIpc) is 3.01. The van der Waals surface area contributed by atoms with Crippen LogP contribution >= 0.6 is 11.8 Å². The lowest BCUT2D eigenvalue weighted by Crippen LogP contribution is -2.50. The summed E-state index contributed by atoms with van der Waals surface area (Å²) in [7, 11) is 0. The van der Waals surface area contributed by atoms with E-state index < -0.39 is 0 Å². The molecular formula is C13H22N2S. The minimum atomic E-state index is -0.237. The molecule has 90 valence electrons. The van der Waals surface area contributed by atoms with Gasteiger partial charge in [-0.3, -0.25) is 5.32 Å². The van der Waals surface area contributed by atoms with Crippen LogP contribution in [0.2, 0.25) is 0 Å². The Kier molecular flexibility index (Phi) is 3.25. The fourth-order valence-corrected chi connectivity index (χ4v) is 2.98. The lowest BCUT2D eigenvalue weighted by atomic mass is 9.97. The monoisotopic (exact) mass is 238 g/mol. The predicted octanol–water partition coefficient (Wildman–Crippen LogP) is 2.94. The van der Waals surface area contributed by atoms with Crippen LogP contribution in [0.1, 0.15) is 46.5 Å². The van der Waals surface area contributed by atoms with E-state index >= 15 is 0 Å². The van der Waals surface area contributed by atoms with E-state index in [4.69, 9.17) is 0 Å². The zero-order valence-electron chi connectivity index (χ0n) is 10.5. The minimum Gasteiger partial charge on any atom is -0.296 e. The summed E-state index contributed by atoms with van der Waals surface area (Å²) in [6.45, 7) is 6.68. The van der Waals surface area contributed by atoms with E-state index in [2.05, 4.69) is 32.2 Å². The smallest absolute Gasteiger partial charge is 0.118 e. The number of nitriles is 1. The first kappa shape index (κ1) is 12.3. The van der Waals surface area contributed by atoms with Gasteiger partial charge in [0.15, 0.2) is 0 Å². The van der Waals surface area contributed by atoms with E-state index in [1.165, 1.54) is 25.7 Å². The van der Waals surface area contributed by atoms with Crippen molar-refractivity contribution < 1.29 is 0 Å². The number of thioether (sulfide) groups is 1. The molecule has 2 saturated carbocycles. The van der Waals surface area contributed by atoms with Crippen LogP contribution in [0.25, 0.3) is 0 Å². The molecule has 2 aliphatic carbocycles. The van der Waals surface area contributed by atoms with Crippen LogP contribution in [0, 0.1) is 17.2 Å². The van der Waals surface area contributed by atoms with Gasteiger partial charge < -0.3 is 0 Å². The molecule has 0 aromatic rings. The van der Waals surface area contributed by atoms with Crippen molar-refractivity contribution in [3.63, 3.8) is 0 Å². The van der Waals surface area contributed by atoms with E-state index in [1.54, 1.807) is 0 Å². The first-order valence-corrected chi connectivity index (χ1v) is 7.27. The Morgan fingerprint density at radius 2 is 1.88 bits per heavy atom. The number of rotatable bonds is 5. The maximum Gasteiger partial charge on any atom is 0.118 e. The van der Waals surface area contributed by atoms with Gasteiger partial charge >= 0.3 is 0 Å². The number of hydrogen-bond acceptors (Lipinski definition) is 3. The second-order valence-corrected chi connectivity index (χ2v) is 7.98. The summed E-state index contributed by atoms with van der Waals surface area (Å²) in [5.41, 5.74) is -0.237. The van der Waals surface area contributed by atoms with Gasteiger partial charge in [0, 0.05) is 16.5 Å². The van der Waals surface area contributed by atoms with Crippen molar-refractivity contribution in [2.45, 2.75) is 62.8 Å². The molecule has 0 aromatic carbocycles. The maximum atomic E-state index is 9.53. The number of nitrogens with one attached hydrogen (secondary N) is 1. The summed E-state index contributed by atoms with van der Waals surface area (Å²) in [6.07, 6.45) is 4.99. The third kappa shape index (κ3) is 3.15. The van der Waals surface area contributed by atoms with Gasteiger partial charge in [-0.15, -0.1) is 0 Å². The highest BCUT2D eigenvalue weighted by Gasteiger charge is 2.48. The van der Waals surface area contributed by atoms with Crippen LogP contribution in [-0.2, 0) is 0 Å². The first-order chi connectivity index (χ1) is 7.45. The SMILES string of the molecule is CC(C)(C)SCC(C#N)(NC1CC1)C1CC1. The normalized spacial score (nSPS) is 24.9. The summed E-state index contributed by atoms with van der Waals surface area (Å²) in [4.78, 5) is 0. The number of nitrogens with zero attached hydrogens (tertiary/aromatic N) is 1. The van der Waals surface area contributed by atoms with E-state index in [-0.39, 0.29) is 10.3 Å². The molecule has 16 heavy (non-hydrogen) atoms. The van der Waals surface area contributed by atoms with E-state index in [1.807, 2.05) is 11.8 Å². The molecule has 0 radical (unpaired) electrons. The molecule has 2 rings (SSSR count). The van der Waals surface area contributed by atoms with Crippen LogP contribution in [0.3, 0.4) is 0 Å². The van der Waals surface area contributed by atoms with Crippen molar-refractivity contribution in [2.75, 3.05) is 5.75 Å². The second kappa shape index (κ2) is 4.23. The molecule has 2 fully saturated rings. The fourth-order valence-electron chi connectivity index (χ4n) is 1.93. The highest BCUT2D eigenvalue weighted by atomic mass is 32.2. The standard InChI is InChI=1S/C13H22N2S/c1-12(2,3)16-9-13(8-14,10-4-5-10)15-11-6-7-11/h10-11,15H,4-7,9H2,1-3H3. The Morgan fingerprint density at radius 3 is 2.25 bits per heavy atom. The van der Waals surface area contributed by atoms with Crippen LogP contribution in [0.5, 0.6) is 0 Å². The Hall–Kier alpha value is -0.200. The molecule has 0 spiro atoms. The van der Waals surface area contributed by atoms with Gasteiger partial charge in [0.05, 0.1) is 6.07 Å². The fraction of sp³-hybridized carbons (Fsp3) is 0.923. The van der Waals surface area contributed by atoms with Crippen molar-refractivity contribution in [3.8, 4) is 6.07 Å². The molecule has 0 heterocycles. The van der Waals surface area contributed by atoms with Gasteiger partial charge in [0.2, 0.25) is 0 Å². The molecule has 0 aromatic heterocycles. The van der Waals surface area contributed by atoms with E-state index in [0.717, 1.165) is 5.75 Å². The molecule has 3 heteroatoms. The molecule has 1 unspecified atom stereocenters. The highest BCUT2D eigenvalue weighted by Crippen LogP contribution is 2.44. The first-order valence-electron chi connectivity index (χ1n) is 6.28. The minimum absolute atomic E-state index is 0.237. The van der Waals surface area contributed by atoms with E-state index in [9.17, 15) is 5.26 Å². The van der Waals surface area contributed by atoms with Crippen LogP contribution in [0.15, 0.2) is 0 Å². The summed E-state index contributed by atoms with van der Waals surface area (Å²) in [5, 5.41) is 13.1. The summed E-state index contributed by atoms with van der Waals surface area (Å²) in [6, 6.07) is 3.22. The Balaban J connectivity index is 1.98. The summed E-state index contributed by atoms with van der Waals surface area (Å²) < 4.78 is 0.252. The Bertz CT molecular complexity index is 294. The summed E-state index contributed by atoms with van der Waals surface area (Å²) >= 11 is 1.92. The van der Waals surface area contributed by atoms with Crippen LogP contribution < -0.4 is 5.32 Å². The van der Waals surface area contributed by atoms with Gasteiger partial charge in [-0.2, -0.15) is 17.0 Å². The van der Waals surface area contributed by atoms with Crippen molar-refractivity contribution in [1.82, 2.24) is 5.32 Å². The van der Waals surface area contributed by atoms with Gasteiger partial charge in [-0.25, -0.2) is 0 Å². The third-order valence-corrected chi connectivity index (χ3v) is 4.71. The highest BCUT2D eigenvalue weighted by molar-refractivity contribution is 8.00. The average molecular weight is 238 g/mol. The van der Waals surface area contributed by atoms with Crippen molar-refractivity contribution in [1.29, 1.82) is 5.26 Å². The molecule has 2 aliphatic rings. The lowest BCUT2D eigenvalue weighted by Gasteiger charge is -2.31. The zero-order valence-corrected chi connectivity index (χ0v) is 11.4. The summed E-state index contributed by atoms with van der Waals surface area (Å²) in [5.74, 6) is 1.54. The maximum absolute atomic E-state index is 9.53. The molecular weight excluding hydrogens is 216 g/mol. The molecule has 2 nitrogen and oxygen atoms in total. The van der Waals surface area contributed by atoms with Gasteiger partial charge in [-0.1, -0.05) is 20.8 Å².